The van der Waals surface area contributed by atoms with Crippen LogP contribution in [-0.2, 0) is 6.54 Å². The number of amides is 1. The number of benzene rings is 2. The van der Waals surface area contributed by atoms with Crippen molar-refractivity contribution in [2.45, 2.75) is 12.7 Å². The second-order valence-electron chi connectivity index (χ2n) is 5.76. The molecule has 0 bridgehead atoms. The van der Waals surface area contributed by atoms with Crippen LogP contribution in [0.4, 0.5) is 13.2 Å². The maximum absolute atomic E-state index is 12.5. The molecule has 1 aromatic heterocycles. The monoisotopic (exact) mass is 375 g/mol. The lowest BCUT2D eigenvalue weighted by molar-refractivity contribution is -0.153. The summed E-state index contributed by atoms with van der Waals surface area (Å²) in [5, 5.41) is 9.46. The van der Waals surface area contributed by atoms with Crippen LogP contribution in [-0.4, -0.2) is 28.9 Å². The van der Waals surface area contributed by atoms with Gasteiger partial charge in [0.15, 0.2) is 6.61 Å². The van der Waals surface area contributed by atoms with E-state index in [0.29, 0.717) is 16.8 Å². The predicted octanol–water partition coefficient (Wildman–Crippen LogP) is 3.95. The first kappa shape index (κ1) is 18.5. The second kappa shape index (κ2) is 7.94. The third-order valence-electron chi connectivity index (χ3n) is 3.70. The van der Waals surface area contributed by atoms with Gasteiger partial charge in [0, 0.05) is 12.1 Å². The van der Waals surface area contributed by atoms with Crippen LogP contribution in [0.25, 0.3) is 11.3 Å². The van der Waals surface area contributed by atoms with Gasteiger partial charge in [-0.15, -0.1) is 0 Å². The molecule has 0 spiro atoms. The fourth-order valence-corrected chi connectivity index (χ4v) is 2.47. The van der Waals surface area contributed by atoms with Crippen LogP contribution in [0.3, 0.4) is 0 Å². The smallest absolute Gasteiger partial charge is 0.422 e. The average molecular weight is 375 g/mol. The first-order valence-corrected chi connectivity index (χ1v) is 8.08. The highest BCUT2D eigenvalue weighted by Crippen LogP contribution is 2.21. The fourth-order valence-electron chi connectivity index (χ4n) is 2.47. The molecular weight excluding hydrogens is 359 g/mol. The van der Waals surface area contributed by atoms with Gasteiger partial charge in [-0.25, -0.2) is 0 Å². The zero-order valence-corrected chi connectivity index (χ0v) is 14.1. The highest BCUT2D eigenvalue weighted by molar-refractivity contribution is 5.99. The SMILES string of the molecule is O=C(NCc1cccc(OCC(F)(F)F)c1)c1cn[nH]c1-c1ccccc1. The number of carbonyl (C=O) groups excluding carboxylic acids is 1. The van der Waals surface area contributed by atoms with Crippen molar-refractivity contribution in [1.29, 1.82) is 0 Å². The number of ether oxygens (including phenoxy) is 1. The molecule has 2 aromatic carbocycles. The van der Waals surface area contributed by atoms with Gasteiger partial charge >= 0.3 is 6.18 Å². The molecule has 0 radical (unpaired) electrons. The van der Waals surface area contributed by atoms with Crippen LogP contribution < -0.4 is 10.1 Å². The minimum Gasteiger partial charge on any atom is -0.484 e. The average Bonchev–Trinajstić information content (AvgIpc) is 3.15. The van der Waals surface area contributed by atoms with E-state index in [0.717, 1.165) is 5.56 Å². The number of H-pyrrole nitrogens is 1. The normalized spacial score (nSPS) is 11.2. The van der Waals surface area contributed by atoms with Crippen molar-refractivity contribution in [3.63, 3.8) is 0 Å². The highest BCUT2D eigenvalue weighted by Gasteiger charge is 2.28. The number of nitrogens with zero attached hydrogens (tertiary/aromatic N) is 1. The van der Waals surface area contributed by atoms with Crippen molar-refractivity contribution < 1.29 is 22.7 Å². The van der Waals surface area contributed by atoms with Gasteiger partial charge in [0.2, 0.25) is 0 Å². The lowest BCUT2D eigenvalue weighted by Crippen LogP contribution is -2.23. The van der Waals surface area contributed by atoms with E-state index in [1.807, 2.05) is 30.3 Å². The van der Waals surface area contributed by atoms with Crippen molar-refractivity contribution >= 4 is 5.91 Å². The van der Waals surface area contributed by atoms with Crippen LogP contribution in [0.2, 0.25) is 0 Å². The maximum Gasteiger partial charge on any atom is 0.422 e. The number of halogens is 3. The number of hydrogen-bond donors (Lipinski definition) is 2. The summed E-state index contributed by atoms with van der Waals surface area (Å²) >= 11 is 0. The van der Waals surface area contributed by atoms with Gasteiger partial charge in [0.05, 0.1) is 17.5 Å². The zero-order chi connectivity index (χ0) is 19.3. The molecule has 5 nitrogen and oxygen atoms in total. The number of carbonyl (C=O) groups is 1. The molecule has 0 saturated heterocycles. The molecule has 1 amide bonds. The number of aromatic amines is 1. The van der Waals surface area contributed by atoms with Crippen molar-refractivity contribution in [3.8, 4) is 17.0 Å². The first-order valence-electron chi connectivity index (χ1n) is 8.08. The minimum absolute atomic E-state index is 0.0901. The van der Waals surface area contributed by atoms with Gasteiger partial charge in [-0.2, -0.15) is 18.3 Å². The van der Waals surface area contributed by atoms with E-state index in [9.17, 15) is 18.0 Å². The fraction of sp³-hybridized carbons (Fsp3) is 0.158. The van der Waals surface area contributed by atoms with E-state index in [-0.39, 0.29) is 18.2 Å². The van der Waals surface area contributed by atoms with Gasteiger partial charge in [0.25, 0.3) is 5.91 Å². The van der Waals surface area contributed by atoms with Gasteiger partial charge in [-0.05, 0) is 17.7 Å². The van der Waals surface area contributed by atoms with Crippen LogP contribution in [0.1, 0.15) is 15.9 Å². The standard InChI is InChI=1S/C19H16F3N3O2/c20-19(21,22)12-27-15-8-4-5-13(9-15)10-23-18(26)16-11-24-25-17(16)14-6-2-1-3-7-14/h1-9,11H,10,12H2,(H,23,26)(H,24,25). The van der Waals surface area contributed by atoms with E-state index in [1.54, 1.807) is 12.1 Å². The van der Waals surface area contributed by atoms with Gasteiger partial charge in [-0.1, -0.05) is 42.5 Å². The molecule has 0 saturated carbocycles. The number of rotatable bonds is 6. The molecule has 140 valence electrons. The topological polar surface area (TPSA) is 67.0 Å². The quantitative estimate of drug-likeness (QED) is 0.686. The van der Waals surface area contributed by atoms with Crippen LogP contribution in [0.15, 0.2) is 60.8 Å². The van der Waals surface area contributed by atoms with Gasteiger partial charge in [-0.3, -0.25) is 9.89 Å². The third kappa shape index (κ3) is 5.10. The van der Waals surface area contributed by atoms with Crippen molar-refractivity contribution in [1.82, 2.24) is 15.5 Å². The van der Waals surface area contributed by atoms with Crippen molar-refractivity contribution in [2.75, 3.05) is 6.61 Å². The Hall–Kier alpha value is -3.29. The molecule has 3 rings (SSSR count). The summed E-state index contributed by atoms with van der Waals surface area (Å²) in [6.07, 6.45) is -2.97. The van der Waals surface area contributed by atoms with Gasteiger partial charge in [0.1, 0.15) is 5.75 Å². The highest BCUT2D eigenvalue weighted by atomic mass is 19.4. The summed E-state index contributed by atoms with van der Waals surface area (Å²) in [7, 11) is 0. The maximum atomic E-state index is 12.5. The summed E-state index contributed by atoms with van der Waals surface area (Å²) in [4.78, 5) is 12.5. The van der Waals surface area contributed by atoms with Crippen molar-refractivity contribution in [2.24, 2.45) is 0 Å². The van der Waals surface area contributed by atoms with Crippen molar-refractivity contribution in [3.05, 3.63) is 71.9 Å². The molecule has 3 aromatic rings. The number of aromatic nitrogens is 2. The zero-order valence-electron chi connectivity index (χ0n) is 14.1. The molecule has 27 heavy (non-hydrogen) atoms. The molecule has 0 aliphatic heterocycles. The minimum atomic E-state index is -4.40. The summed E-state index contributed by atoms with van der Waals surface area (Å²) in [5.41, 5.74) is 2.41. The third-order valence-corrected chi connectivity index (χ3v) is 3.70. The Labute approximate surface area is 153 Å². The Bertz CT molecular complexity index is 908. The lowest BCUT2D eigenvalue weighted by atomic mass is 10.1. The number of hydrogen-bond acceptors (Lipinski definition) is 3. The Morgan fingerprint density at radius 1 is 1.11 bits per heavy atom. The molecule has 0 unspecified atom stereocenters. The Balaban J connectivity index is 1.64. The first-order chi connectivity index (χ1) is 12.9. The molecule has 0 aliphatic rings. The molecule has 8 heteroatoms. The van der Waals surface area contributed by atoms with Gasteiger partial charge < -0.3 is 10.1 Å². The Kier molecular flexibility index (Phi) is 5.44. The van der Waals surface area contributed by atoms with E-state index in [2.05, 4.69) is 15.5 Å². The molecule has 2 N–H and O–H groups in total. The van der Waals surface area contributed by atoms with Crippen LogP contribution in [0.5, 0.6) is 5.75 Å². The van der Waals surface area contributed by atoms with E-state index >= 15 is 0 Å². The van der Waals surface area contributed by atoms with E-state index < -0.39 is 12.8 Å². The second-order valence-corrected chi connectivity index (χ2v) is 5.76. The molecule has 1 heterocycles. The number of nitrogens with one attached hydrogen (secondary N) is 2. The largest absolute Gasteiger partial charge is 0.484 e. The number of alkyl halides is 3. The summed E-state index contributed by atoms with van der Waals surface area (Å²) in [6, 6.07) is 15.4. The molecule has 0 atom stereocenters. The predicted molar refractivity (Wildman–Crippen MR) is 93.2 cm³/mol. The van der Waals surface area contributed by atoms with Crippen LogP contribution >= 0.6 is 0 Å². The Morgan fingerprint density at radius 3 is 2.63 bits per heavy atom. The van der Waals surface area contributed by atoms with Crippen LogP contribution in [0, 0.1) is 0 Å². The molecule has 0 aliphatic carbocycles. The summed E-state index contributed by atoms with van der Waals surface area (Å²) in [6.45, 7) is -1.22. The Morgan fingerprint density at radius 2 is 1.89 bits per heavy atom. The summed E-state index contributed by atoms with van der Waals surface area (Å²) < 4.78 is 41.4. The lowest BCUT2D eigenvalue weighted by Gasteiger charge is -2.11. The molecule has 0 fully saturated rings. The molecular formula is C19H16F3N3O2. The van der Waals surface area contributed by atoms with E-state index in [4.69, 9.17) is 4.74 Å². The van der Waals surface area contributed by atoms with E-state index in [1.165, 1.54) is 18.3 Å². The summed E-state index contributed by atoms with van der Waals surface area (Å²) in [5.74, 6) is -0.253.